The molecule has 42 heavy (non-hydrogen) atoms. The molecule has 4 aromatic rings. The lowest BCUT2D eigenvalue weighted by Crippen LogP contribution is -2.46. The Morgan fingerprint density at radius 1 is 0.881 bits per heavy atom. The highest BCUT2D eigenvalue weighted by molar-refractivity contribution is 6.37. The van der Waals surface area contributed by atoms with Crippen molar-refractivity contribution in [2.45, 2.75) is 38.8 Å². The minimum absolute atomic E-state index is 0.0121. The van der Waals surface area contributed by atoms with E-state index in [4.69, 9.17) is 16.6 Å². The summed E-state index contributed by atoms with van der Waals surface area (Å²) >= 11 is 6.81. The molecule has 1 N–H and O–H groups in total. The molecule has 7 nitrogen and oxygen atoms in total. The van der Waals surface area contributed by atoms with E-state index in [0.29, 0.717) is 16.6 Å². The molecule has 2 aromatic heterocycles. The van der Waals surface area contributed by atoms with Crippen LogP contribution >= 0.6 is 11.6 Å². The number of carbonyl (C=O) groups excluding carboxylic acids is 1. The fourth-order valence-corrected chi connectivity index (χ4v) is 6.67. The molecule has 8 heteroatoms. The highest BCUT2D eigenvalue weighted by Gasteiger charge is 2.24. The molecule has 0 unspecified atom stereocenters. The molecule has 220 valence electrons. The summed E-state index contributed by atoms with van der Waals surface area (Å²) in [6.45, 7) is 10.7. The van der Waals surface area contributed by atoms with Gasteiger partial charge in [-0.2, -0.15) is 0 Å². The van der Waals surface area contributed by atoms with E-state index in [9.17, 15) is 4.79 Å². The normalized spacial score (nSPS) is 17.3. The summed E-state index contributed by atoms with van der Waals surface area (Å²) in [5.41, 5.74) is 6.96. The summed E-state index contributed by atoms with van der Waals surface area (Å²) in [6.07, 6.45) is 3.73. The average molecular weight is 585 g/mol. The summed E-state index contributed by atoms with van der Waals surface area (Å²) < 4.78 is 2.13. The van der Waals surface area contributed by atoms with Gasteiger partial charge in [0.05, 0.1) is 10.7 Å². The van der Waals surface area contributed by atoms with Crippen molar-refractivity contribution in [1.29, 1.82) is 0 Å². The van der Waals surface area contributed by atoms with E-state index < -0.39 is 0 Å². The van der Waals surface area contributed by atoms with E-state index >= 15 is 0 Å². The first-order valence-electron chi connectivity index (χ1n) is 15.1. The number of benzene rings is 2. The second kappa shape index (κ2) is 12.1. The van der Waals surface area contributed by atoms with Gasteiger partial charge in [-0.1, -0.05) is 35.9 Å². The Hall–Kier alpha value is -3.39. The number of nitrogens with zero attached hydrogens (tertiary/aromatic N) is 5. The number of carbonyl (C=O) groups is 1. The number of hydrogen-bond donors (Lipinski definition) is 1. The first-order chi connectivity index (χ1) is 20.3. The van der Waals surface area contributed by atoms with Gasteiger partial charge >= 0.3 is 0 Å². The monoisotopic (exact) mass is 584 g/mol. The predicted octanol–water partition coefficient (Wildman–Crippen LogP) is 5.92. The number of likely N-dealkylation sites (N-methyl/N-ethyl adjacent to an activating group) is 1. The van der Waals surface area contributed by atoms with E-state index in [2.05, 4.69) is 69.7 Å². The number of piperazine rings is 1. The number of fused-ring (bicyclic) bond motifs is 1. The molecular weight excluding hydrogens is 544 g/mol. The molecule has 2 saturated heterocycles. The maximum Gasteiger partial charge on any atom is 0.251 e. The molecule has 2 aliphatic heterocycles. The Kier molecular flexibility index (Phi) is 8.26. The smallest absolute Gasteiger partial charge is 0.251 e. The van der Waals surface area contributed by atoms with Crippen molar-refractivity contribution in [2.24, 2.45) is 7.05 Å². The maximum absolute atomic E-state index is 13.1. The van der Waals surface area contributed by atoms with Gasteiger partial charge in [0.15, 0.2) is 0 Å². The number of anilines is 1. The predicted molar refractivity (Wildman–Crippen MR) is 174 cm³/mol. The van der Waals surface area contributed by atoms with Crippen LogP contribution in [0.4, 0.5) is 5.69 Å². The van der Waals surface area contributed by atoms with Gasteiger partial charge in [-0.25, -0.2) is 4.98 Å². The molecule has 1 amide bonds. The lowest BCUT2D eigenvalue weighted by atomic mass is 9.97. The topological polar surface area (TPSA) is 56.6 Å². The van der Waals surface area contributed by atoms with Gasteiger partial charge in [0.1, 0.15) is 5.65 Å². The third-order valence-corrected chi connectivity index (χ3v) is 9.38. The number of amides is 1. The Balaban J connectivity index is 1.29. The first kappa shape index (κ1) is 28.7. The molecule has 0 aliphatic carbocycles. The molecular formula is C34H41ClN6O. The highest BCUT2D eigenvalue weighted by atomic mass is 35.5. The van der Waals surface area contributed by atoms with Crippen LogP contribution < -0.4 is 10.2 Å². The lowest BCUT2D eigenvalue weighted by Gasteiger charge is -2.34. The Labute approximate surface area is 254 Å². The molecule has 0 radical (unpaired) electrons. The number of aryl methyl sites for hydroxylation is 1. The largest absolute Gasteiger partial charge is 0.369 e. The van der Waals surface area contributed by atoms with Gasteiger partial charge in [-0.3, -0.25) is 4.79 Å². The van der Waals surface area contributed by atoms with Crippen molar-refractivity contribution in [3.8, 4) is 22.4 Å². The van der Waals surface area contributed by atoms with Crippen molar-refractivity contribution >= 4 is 34.2 Å². The molecule has 0 saturated carbocycles. The van der Waals surface area contributed by atoms with Gasteiger partial charge in [0.2, 0.25) is 0 Å². The van der Waals surface area contributed by atoms with Crippen LogP contribution in [0.15, 0.2) is 60.8 Å². The zero-order chi connectivity index (χ0) is 29.4. The summed E-state index contributed by atoms with van der Waals surface area (Å²) in [6, 6.07) is 19.4. The second-order valence-electron chi connectivity index (χ2n) is 12.1. The quantitative estimate of drug-likeness (QED) is 0.305. The van der Waals surface area contributed by atoms with Crippen LogP contribution in [0.5, 0.6) is 0 Å². The SMILES string of the molecule is CC(C)N1CCC(NC(=O)c2ccc(-c3c(-c4ccc(N5CCN(C)CC5)cc4)n(C)c4nccc(Cl)c34)cc2)CC1. The molecule has 0 spiro atoms. The second-order valence-corrected chi connectivity index (χ2v) is 12.5. The van der Waals surface area contributed by atoms with Gasteiger partial charge in [0.25, 0.3) is 5.91 Å². The van der Waals surface area contributed by atoms with Crippen LogP contribution in [0.1, 0.15) is 37.0 Å². The third kappa shape index (κ3) is 5.65. The van der Waals surface area contributed by atoms with Crippen LogP contribution in [0.2, 0.25) is 5.02 Å². The number of nitrogens with one attached hydrogen (secondary N) is 1. The van der Waals surface area contributed by atoms with Crippen molar-refractivity contribution < 1.29 is 4.79 Å². The first-order valence-corrected chi connectivity index (χ1v) is 15.5. The van der Waals surface area contributed by atoms with Crippen LogP contribution in [-0.4, -0.2) is 83.7 Å². The Morgan fingerprint density at radius 3 is 2.17 bits per heavy atom. The zero-order valence-corrected chi connectivity index (χ0v) is 25.9. The summed E-state index contributed by atoms with van der Waals surface area (Å²) in [4.78, 5) is 25.1. The van der Waals surface area contributed by atoms with Crippen LogP contribution in [0.3, 0.4) is 0 Å². The minimum atomic E-state index is -0.0121. The van der Waals surface area contributed by atoms with Gasteiger partial charge in [-0.05, 0) is 75.2 Å². The zero-order valence-electron chi connectivity index (χ0n) is 25.1. The highest BCUT2D eigenvalue weighted by Crippen LogP contribution is 2.43. The van der Waals surface area contributed by atoms with Crippen LogP contribution in [0.25, 0.3) is 33.4 Å². The number of likely N-dealkylation sites (tertiary alicyclic amines) is 1. The van der Waals surface area contributed by atoms with E-state index in [1.807, 2.05) is 37.4 Å². The van der Waals surface area contributed by atoms with Crippen LogP contribution in [0, 0.1) is 0 Å². The van der Waals surface area contributed by atoms with E-state index in [0.717, 1.165) is 85.5 Å². The number of halogens is 1. The molecule has 0 bridgehead atoms. The van der Waals surface area contributed by atoms with Crippen molar-refractivity contribution in [3.05, 3.63) is 71.4 Å². The summed E-state index contributed by atoms with van der Waals surface area (Å²) in [5.74, 6) is -0.0121. The minimum Gasteiger partial charge on any atom is -0.369 e. The lowest BCUT2D eigenvalue weighted by molar-refractivity contribution is 0.0900. The summed E-state index contributed by atoms with van der Waals surface area (Å²) in [5, 5.41) is 4.85. The third-order valence-electron chi connectivity index (χ3n) is 9.06. The number of piperidine rings is 1. The fraction of sp³-hybridized carbons (Fsp3) is 0.412. The van der Waals surface area contributed by atoms with Gasteiger partial charge < -0.3 is 24.6 Å². The number of hydrogen-bond acceptors (Lipinski definition) is 5. The Bertz CT molecular complexity index is 1550. The molecule has 2 aromatic carbocycles. The molecule has 4 heterocycles. The number of pyridine rings is 1. The Morgan fingerprint density at radius 2 is 1.52 bits per heavy atom. The van der Waals surface area contributed by atoms with Gasteiger partial charge in [0, 0.05) is 86.8 Å². The van der Waals surface area contributed by atoms with E-state index in [1.54, 1.807) is 6.20 Å². The van der Waals surface area contributed by atoms with Crippen molar-refractivity contribution in [3.63, 3.8) is 0 Å². The van der Waals surface area contributed by atoms with Crippen LogP contribution in [-0.2, 0) is 7.05 Å². The molecule has 6 rings (SSSR count). The van der Waals surface area contributed by atoms with Crippen molar-refractivity contribution in [1.82, 2.24) is 24.7 Å². The van der Waals surface area contributed by atoms with E-state index in [1.165, 1.54) is 5.69 Å². The fourth-order valence-electron chi connectivity index (χ4n) is 6.44. The average Bonchev–Trinajstić information content (AvgIpc) is 3.31. The van der Waals surface area contributed by atoms with Gasteiger partial charge in [-0.15, -0.1) is 0 Å². The molecule has 2 fully saturated rings. The number of rotatable bonds is 6. The molecule has 2 aliphatic rings. The summed E-state index contributed by atoms with van der Waals surface area (Å²) in [7, 11) is 4.22. The number of aromatic nitrogens is 2. The maximum atomic E-state index is 13.1. The van der Waals surface area contributed by atoms with E-state index in [-0.39, 0.29) is 11.9 Å². The standard InChI is InChI=1S/C34H41ClN6O/c1-23(2)40-17-14-27(15-18-40)37-34(42)26-7-5-24(6-8-26)30-31-29(35)13-16-36-33(31)39(4)32(30)25-9-11-28(12-10-25)41-21-19-38(3)20-22-41/h5-13,16,23,27H,14-15,17-22H2,1-4H3,(H,37,42). The van der Waals surface area contributed by atoms with Crippen molar-refractivity contribution in [2.75, 3.05) is 51.2 Å². The molecule has 0 atom stereocenters.